The van der Waals surface area contributed by atoms with E-state index in [1.807, 2.05) is 62.4 Å². The van der Waals surface area contributed by atoms with Crippen LogP contribution in [-0.4, -0.2) is 41.6 Å². The van der Waals surface area contributed by atoms with Gasteiger partial charge in [-0.25, -0.2) is 4.98 Å². The molecule has 0 aliphatic carbocycles. The third-order valence-corrected chi connectivity index (χ3v) is 6.47. The van der Waals surface area contributed by atoms with Gasteiger partial charge in [0.1, 0.15) is 12.6 Å². The number of aryl methyl sites for hydroxylation is 2. The second kappa shape index (κ2) is 11.1. The summed E-state index contributed by atoms with van der Waals surface area (Å²) in [6.07, 6.45) is 3.45. The number of hydrogen-bond donors (Lipinski definition) is 1. The molecule has 37 heavy (non-hydrogen) atoms. The molecule has 0 spiro atoms. The van der Waals surface area contributed by atoms with E-state index in [1.54, 1.807) is 25.4 Å². The Morgan fingerprint density at radius 2 is 1.78 bits per heavy atom. The van der Waals surface area contributed by atoms with Crippen molar-refractivity contribution in [2.45, 2.75) is 32.9 Å². The Labute approximate surface area is 215 Å². The minimum atomic E-state index is -0.844. The molecule has 2 aromatic heterocycles. The standard InChI is InChI=1S/C29H30N4O4/c1-19-14-22-12-13-33(28(35)24(22)15-20(19)2)18-26(34)31-25(16-21-8-6-5-7-9-21)29(36)32(3)23-10-11-27(37-4)30-17-23/h5-15,17,25H,16,18H2,1-4H3,(H,31,34)/t25-/m0/s1. The maximum atomic E-state index is 13.5. The number of anilines is 1. The molecule has 0 aliphatic heterocycles. The number of amides is 2. The van der Waals surface area contributed by atoms with Crippen molar-refractivity contribution in [3.05, 3.63) is 100 Å². The zero-order chi connectivity index (χ0) is 26.5. The molecule has 4 rings (SSSR count). The minimum absolute atomic E-state index is 0.200. The highest BCUT2D eigenvalue weighted by Gasteiger charge is 2.26. The van der Waals surface area contributed by atoms with Crippen molar-refractivity contribution in [1.29, 1.82) is 0 Å². The van der Waals surface area contributed by atoms with Crippen LogP contribution in [0.3, 0.4) is 0 Å². The van der Waals surface area contributed by atoms with E-state index >= 15 is 0 Å². The molecule has 0 unspecified atom stereocenters. The number of benzene rings is 2. The zero-order valence-corrected chi connectivity index (χ0v) is 21.4. The van der Waals surface area contributed by atoms with Crippen molar-refractivity contribution < 1.29 is 14.3 Å². The molecule has 1 N–H and O–H groups in total. The molecule has 2 aromatic carbocycles. The van der Waals surface area contributed by atoms with E-state index in [0.29, 0.717) is 23.4 Å². The van der Waals surface area contributed by atoms with Gasteiger partial charge in [0.05, 0.1) is 19.0 Å². The van der Waals surface area contributed by atoms with Crippen molar-refractivity contribution >= 4 is 28.3 Å². The van der Waals surface area contributed by atoms with E-state index in [2.05, 4.69) is 10.3 Å². The largest absolute Gasteiger partial charge is 0.481 e. The number of ether oxygens (including phenoxy) is 1. The van der Waals surface area contributed by atoms with Crippen LogP contribution in [0.15, 0.2) is 77.9 Å². The number of methoxy groups -OCH3 is 1. The third kappa shape index (κ3) is 5.86. The summed E-state index contributed by atoms with van der Waals surface area (Å²) in [6.45, 7) is 3.75. The van der Waals surface area contributed by atoms with Gasteiger partial charge in [0.15, 0.2) is 0 Å². The normalized spacial score (nSPS) is 11.7. The van der Waals surface area contributed by atoms with Crippen molar-refractivity contribution in [3.8, 4) is 5.88 Å². The Bertz CT molecular complexity index is 1480. The van der Waals surface area contributed by atoms with Crippen LogP contribution >= 0.6 is 0 Å². The highest BCUT2D eigenvalue weighted by Crippen LogP contribution is 2.18. The summed E-state index contributed by atoms with van der Waals surface area (Å²) in [7, 11) is 3.15. The number of aromatic nitrogens is 2. The van der Waals surface area contributed by atoms with Gasteiger partial charge in [0.2, 0.25) is 17.7 Å². The fraction of sp³-hybridized carbons (Fsp3) is 0.241. The van der Waals surface area contributed by atoms with E-state index in [-0.39, 0.29) is 18.0 Å². The Morgan fingerprint density at radius 3 is 2.46 bits per heavy atom. The molecule has 0 radical (unpaired) electrons. The van der Waals surface area contributed by atoms with Gasteiger partial charge in [-0.3, -0.25) is 14.4 Å². The molecule has 190 valence electrons. The molecular formula is C29H30N4O4. The SMILES string of the molecule is COc1ccc(N(C)C(=O)[C@H](Cc2ccccc2)NC(=O)Cn2ccc3cc(C)c(C)cc3c2=O)cn1. The van der Waals surface area contributed by atoms with Gasteiger partial charge >= 0.3 is 0 Å². The number of carbonyl (C=O) groups excluding carboxylic acids is 2. The van der Waals surface area contributed by atoms with Gasteiger partial charge in [0, 0.05) is 31.1 Å². The molecule has 0 bridgehead atoms. The monoisotopic (exact) mass is 498 g/mol. The fourth-order valence-corrected chi connectivity index (χ4v) is 4.18. The molecule has 0 saturated carbocycles. The Kier molecular flexibility index (Phi) is 7.67. The summed E-state index contributed by atoms with van der Waals surface area (Å²) >= 11 is 0. The van der Waals surface area contributed by atoms with Crippen molar-refractivity contribution in [2.24, 2.45) is 0 Å². The van der Waals surface area contributed by atoms with Crippen molar-refractivity contribution in [2.75, 3.05) is 19.1 Å². The second-order valence-electron chi connectivity index (χ2n) is 9.04. The first-order chi connectivity index (χ1) is 17.8. The van der Waals surface area contributed by atoms with Crippen LogP contribution in [-0.2, 0) is 22.6 Å². The van der Waals surface area contributed by atoms with E-state index in [9.17, 15) is 14.4 Å². The second-order valence-corrected chi connectivity index (χ2v) is 9.04. The molecule has 2 heterocycles. The predicted octanol–water partition coefficient (Wildman–Crippen LogP) is 3.41. The van der Waals surface area contributed by atoms with Crippen LogP contribution < -0.4 is 20.5 Å². The summed E-state index contributed by atoms with van der Waals surface area (Å²) in [5.74, 6) is -0.299. The molecule has 1 atom stereocenters. The lowest BCUT2D eigenvalue weighted by atomic mass is 10.0. The minimum Gasteiger partial charge on any atom is -0.481 e. The first-order valence-electron chi connectivity index (χ1n) is 12.0. The lowest BCUT2D eigenvalue weighted by molar-refractivity contribution is -0.127. The van der Waals surface area contributed by atoms with E-state index in [1.165, 1.54) is 22.8 Å². The average Bonchev–Trinajstić information content (AvgIpc) is 2.91. The summed E-state index contributed by atoms with van der Waals surface area (Å²) in [6, 6.07) is 17.7. The maximum Gasteiger partial charge on any atom is 0.258 e. The van der Waals surface area contributed by atoms with Gasteiger partial charge in [0.25, 0.3) is 5.56 Å². The molecule has 0 fully saturated rings. The van der Waals surface area contributed by atoms with Gasteiger partial charge in [-0.1, -0.05) is 36.4 Å². The highest BCUT2D eigenvalue weighted by atomic mass is 16.5. The zero-order valence-electron chi connectivity index (χ0n) is 21.4. The first kappa shape index (κ1) is 25.6. The number of likely N-dealkylation sites (N-methyl/N-ethyl adjacent to an activating group) is 1. The van der Waals surface area contributed by atoms with Crippen LogP contribution in [0.4, 0.5) is 5.69 Å². The number of fused-ring (bicyclic) bond motifs is 1. The van der Waals surface area contributed by atoms with Crippen LogP contribution in [0.5, 0.6) is 5.88 Å². The number of hydrogen-bond acceptors (Lipinski definition) is 5. The smallest absolute Gasteiger partial charge is 0.258 e. The first-order valence-corrected chi connectivity index (χ1v) is 12.0. The molecule has 2 amide bonds. The van der Waals surface area contributed by atoms with E-state index in [4.69, 9.17) is 4.74 Å². The lowest BCUT2D eigenvalue weighted by Gasteiger charge is -2.25. The molecule has 0 aliphatic rings. The average molecular weight is 499 g/mol. The Hall–Kier alpha value is -4.46. The van der Waals surface area contributed by atoms with Gasteiger partial charge < -0.3 is 19.5 Å². The van der Waals surface area contributed by atoms with E-state index in [0.717, 1.165) is 22.1 Å². The molecule has 8 nitrogen and oxygen atoms in total. The van der Waals surface area contributed by atoms with E-state index < -0.39 is 11.9 Å². The number of rotatable bonds is 8. The van der Waals surface area contributed by atoms with Gasteiger partial charge in [-0.15, -0.1) is 0 Å². The maximum absolute atomic E-state index is 13.5. The summed E-state index contributed by atoms with van der Waals surface area (Å²) in [5.41, 5.74) is 3.32. The van der Waals surface area contributed by atoms with Crippen LogP contribution in [0.2, 0.25) is 0 Å². The van der Waals surface area contributed by atoms with Gasteiger partial charge in [-0.05, 0) is 54.1 Å². The lowest BCUT2D eigenvalue weighted by Crippen LogP contribution is -2.50. The number of pyridine rings is 2. The fourth-order valence-electron chi connectivity index (χ4n) is 4.18. The number of nitrogens with zero attached hydrogens (tertiary/aromatic N) is 3. The topological polar surface area (TPSA) is 93.5 Å². The van der Waals surface area contributed by atoms with Crippen LogP contribution in [0.1, 0.15) is 16.7 Å². The predicted molar refractivity (Wildman–Crippen MR) is 144 cm³/mol. The summed E-state index contributed by atoms with van der Waals surface area (Å²) in [5, 5.41) is 4.24. The highest BCUT2D eigenvalue weighted by molar-refractivity contribution is 5.99. The van der Waals surface area contributed by atoms with Crippen molar-refractivity contribution in [1.82, 2.24) is 14.9 Å². The number of carbonyl (C=O) groups is 2. The molecular weight excluding hydrogens is 468 g/mol. The van der Waals surface area contributed by atoms with Crippen LogP contribution in [0.25, 0.3) is 10.8 Å². The quantitative estimate of drug-likeness (QED) is 0.402. The van der Waals surface area contributed by atoms with Gasteiger partial charge in [-0.2, -0.15) is 0 Å². The molecule has 0 saturated heterocycles. The molecule has 8 heteroatoms. The van der Waals surface area contributed by atoms with Crippen LogP contribution in [0, 0.1) is 13.8 Å². The third-order valence-electron chi connectivity index (χ3n) is 6.47. The van der Waals surface area contributed by atoms with Crippen molar-refractivity contribution in [3.63, 3.8) is 0 Å². The summed E-state index contributed by atoms with van der Waals surface area (Å²) in [4.78, 5) is 45.3. The Morgan fingerprint density at radius 1 is 1.05 bits per heavy atom. The summed E-state index contributed by atoms with van der Waals surface area (Å²) < 4.78 is 6.46. The Balaban J connectivity index is 1.57. The number of nitrogens with one attached hydrogen (secondary N) is 1. The molecule has 4 aromatic rings.